The van der Waals surface area contributed by atoms with Gasteiger partial charge in [-0.05, 0) is 49.8 Å². The quantitative estimate of drug-likeness (QED) is 0.893. The minimum Gasteiger partial charge on any atom is -0.381 e. The Morgan fingerprint density at radius 2 is 2.20 bits per heavy atom. The molecule has 0 saturated carbocycles. The Kier molecular flexibility index (Phi) is 5.29. The van der Waals surface area contributed by atoms with E-state index in [1.807, 2.05) is 12.1 Å². The number of aromatic nitrogens is 1. The molecule has 0 radical (unpaired) electrons. The number of fused-ring (bicyclic) bond motifs is 1. The molecular weight excluding hydrogens is 318 g/mol. The number of piperidine rings is 1. The fourth-order valence-electron chi connectivity index (χ4n) is 4.31. The molecule has 6 heteroatoms. The Morgan fingerprint density at radius 1 is 1.32 bits per heavy atom. The molecule has 3 aliphatic rings. The maximum Gasteiger partial charge on any atom is 0.249 e. The van der Waals surface area contributed by atoms with Crippen molar-refractivity contribution in [2.75, 3.05) is 26.3 Å². The number of likely N-dealkylation sites (tertiary alicyclic amines) is 1. The smallest absolute Gasteiger partial charge is 0.249 e. The molecule has 0 bridgehead atoms. The second-order valence-electron chi connectivity index (χ2n) is 7.37. The van der Waals surface area contributed by atoms with Crippen LogP contribution < -0.4 is 5.32 Å². The topological polar surface area (TPSA) is 63.7 Å². The summed E-state index contributed by atoms with van der Waals surface area (Å²) in [5.74, 6) is 0.529. The largest absolute Gasteiger partial charge is 0.381 e. The van der Waals surface area contributed by atoms with Gasteiger partial charge in [0.25, 0.3) is 0 Å². The first-order chi connectivity index (χ1) is 12.3. The van der Waals surface area contributed by atoms with Crippen LogP contribution in [0.2, 0.25) is 0 Å². The summed E-state index contributed by atoms with van der Waals surface area (Å²) >= 11 is 0. The van der Waals surface area contributed by atoms with Gasteiger partial charge in [-0.2, -0.15) is 0 Å². The van der Waals surface area contributed by atoms with Crippen LogP contribution in [0, 0.1) is 5.92 Å². The van der Waals surface area contributed by atoms with Gasteiger partial charge >= 0.3 is 0 Å². The molecule has 0 aromatic carbocycles. The number of rotatable bonds is 4. The van der Waals surface area contributed by atoms with Crippen molar-refractivity contribution in [3.63, 3.8) is 0 Å². The number of ether oxygens (including phenoxy) is 2. The van der Waals surface area contributed by atoms with Gasteiger partial charge in [-0.25, -0.2) is 0 Å². The van der Waals surface area contributed by atoms with Crippen LogP contribution in [0.5, 0.6) is 0 Å². The van der Waals surface area contributed by atoms with Crippen LogP contribution in [0.1, 0.15) is 31.2 Å². The minimum atomic E-state index is -0.304. The summed E-state index contributed by atoms with van der Waals surface area (Å²) in [7, 11) is 0. The minimum absolute atomic E-state index is 0.0101. The van der Waals surface area contributed by atoms with E-state index in [-0.39, 0.29) is 18.1 Å². The van der Waals surface area contributed by atoms with Gasteiger partial charge in [0.15, 0.2) is 0 Å². The van der Waals surface area contributed by atoms with Gasteiger partial charge in [-0.3, -0.25) is 14.7 Å². The van der Waals surface area contributed by atoms with Crippen molar-refractivity contribution in [2.24, 2.45) is 5.92 Å². The lowest BCUT2D eigenvalue weighted by Gasteiger charge is -2.40. The molecule has 4 heterocycles. The van der Waals surface area contributed by atoms with Crippen LogP contribution in [0.4, 0.5) is 0 Å². The summed E-state index contributed by atoms with van der Waals surface area (Å²) < 4.78 is 11.6. The second-order valence-corrected chi connectivity index (χ2v) is 7.37. The van der Waals surface area contributed by atoms with E-state index in [4.69, 9.17) is 9.47 Å². The van der Waals surface area contributed by atoms with Crippen LogP contribution in [0.15, 0.2) is 24.5 Å². The molecule has 0 unspecified atom stereocenters. The highest BCUT2D eigenvalue weighted by Crippen LogP contribution is 2.35. The molecular formula is C19H27N3O3. The van der Waals surface area contributed by atoms with Crippen molar-refractivity contribution >= 4 is 5.91 Å². The van der Waals surface area contributed by atoms with E-state index in [2.05, 4.69) is 15.2 Å². The lowest BCUT2D eigenvalue weighted by atomic mass is 9.90. The number of nitrogens with one attached hydrogen (secondary N) is 1. The van der Waals surface area contributed by atoms with Gasteiger partial charge < -0.3 is 14.8 Å². The first-order valence-electron chi connectivity index (χ1n) is 9.43. The summed E-state index contributed by atoms with van der Waals surface area (Å²) in [6.45, 7) is 4.34. The average Bonchev–Trinajstić information content (AvgIpc) is 3.11. The van der Waals surface area contributed by atoms with Crippen molar-refractivity contribution in [3.05, 3.63) is 30.1 Å². The zero-order valence-corrected chi connectivity index (χ0v) is 14.6. The maximum atomic E-state index is 12.5. The molecule has 25 heavy (non-hydrogen) atoms. The molecule has 3 aliphatic heterocycles. The number of carbonyl (C=O) groups excluding carboxylic acids is 1. The molecule has 1 amide bonds. The molecule has 3 saturated heterocycles. The van der Waals surface area contributed by atoms with Gasteiger partial charge in [-0.1, -0.05) is 6.07 Å². The Morgan fingerprint density at radius 3 is 3.00 bits per heavy atom. The molecule has 3 fully saturated rings. The van der Waals surface area contributed by atoms with Gasteiger partial charge in [-0.15, -0.1) is 0 Å². The number of carbonyl (C=O) groups is 1. The summed E-state index contributed by atoms with van der Waals surface area (Å²) in [5, 5.41) is 2.99. The van der Waals surface area contributed by atoms with Crippen molar-refractivity contribution in [1.29, 1.82) is 0 Å². The maximum absolute atomic E-state index is 12.5. The van der Waals surface area contributed by atoms with Crippen molar-refractivity contribution in [1.82, 2.24) is 15.2 Å². The Bertz CT molecular complexity index is 577. The van der Waals surface area contributed by atoms with Crippen molar-refractivity contribution < 1.29 is 14.3 Å². The lowest BCUT2D eigenvalue weighted by Crippen LogP contribution is -2.49. The molecule has 1 N–H and O–H groups in total. The molecule has 3 atom stereocenters. The van der Waals surface area contributed by atoms with E-state index in [0.29, 0.717) is 18.5 Å². The van der Waals surface area contributed by atoms with Gasteiger partial charge in [0.2, 0.25) is 5.91 Å². The van der Waals surface area contributed by atoms with Gasteiger partial charge in [0.1, 0.15) is 6.10 Å². The molecule has 1 aromatic heterocycles. The third-order valence-electron chi connectivity index (χ3n) is 5.77. The average molecular weight is 345 g/mol. The van der Waals surface area contributed by atoms with Gasteiger partial charge in [0.05, 0.1) is 6.10 Å². The third kappa shape index (κ3) is 4.02. The van der Waals surface area contributed by atoms with Crippen LogP contribution in [0.3, 0.4) is 0 Å². The van der Waals surface area contributed by atoms with E-state index in [9.17, 15) is 4.79 Å². The Balaban J connectivity index is 1.28. The third-order valence-corrected chi connectivity index (χ3v) is 5.77. The summed E-state index contributed by atoms with van der Waals surface area (Å²) in [6.07, 6.45) is 7.63. The fraction of sp³-hybridized carbons (Fsp3) is 0.684. The molecule has 0 spiro atoms. The molecule has 4 rings (SSSR count). The predicted molar refractivity (Wildman–Crippen MR) is 92.9 cm³/mol. The Labute approximate surface area is 148 Å². The normalized spacial score (nSPS) is 30.8. The highest BCUT2D eigenvalue weighted by Gasteiger charge is 2.42. The highest BCUT2D eigenvalue weighted by molar-refractivity contribution is 5.81. The molecule has 136 valence electrons. The highest BCUT2D eigenvalue weighted by atomic mass is 16.5. The SMILES string of the molecule is O=C(NCc1cccnc1)[C@H]1C[C@@H]2CCN(C3CCOCC3)C[C@H]2O1. The van der Waals surface area contributed by atoms with E-state index >= 15 is 0 Å². The van der Waals surface area contributed by atoms with Crippen LogP contribution >= 0.6 is 0 Å². The first-order valence-corrected chi connectivity index (χ1v) is 9.43. The van der Waals surface area contributed by atoms with Crippen molar-refractivity contribution in [2.45, 2.75) is 50.5 Å². The fourth-order valence-corrected chi connectivity index (χ4v) is 4.31. The molecule has 0 aliphatic carbocycles. The van der Waals surface area contributed by atoms with Crippen LogP contribution in [0.25, 0.3) is 0 Å². The van der Waals surface area contributed by atoms with E-state index in [0.717, 1.165) is 57.6 Å². The summed E-state index contributed by atoms with van der Waals surface area (Å²) in [6, 6.07) is 4.47. The standard InChI is InChI=1S/C19H27N3O3/c23-19(21-12-14-2-1-6-20-11-14)17-10-15-3-7-22(13-18(15)25-17)16-4-8-24-9-5-16/h1-2,6,11,15-18H,3-5,7-10,12-13H2,(H,21,23)/t15-,17+,18+/m0/s1. The summed E-state index contributed by atoms with van der Waals surface area (Å²) in [4.78, 5) is 19.1. The lowest BCUT2D eigenvalue weighted by molar-refractivity contribution is -0.133. The Hall–Kier alpha value is -1.50. The van der Waals surface area contributed by atoms with Crippen LogP contribution in [-0.4, -0.2) is 60.3 Å². The zero-order chi connectivity index (χ0) is 17.1. The number of pyridine rings is 1. The first kappa shape index (κ1) is 16.9. The van der Waals surface area contributed by atoms with Gasteiger partial charge in [0, 0.05) is 44.7 Å². The van der Waals surface area contributed by atoms with Crippen molar-refractivity contribution in [3.8, 4) is 0 Å². The number of hydrogen-bond donors (Lipinski definition) is 1. The van der Waals surface area contributed by atoms with E-state index in [1.165, 1.54) is 0 Å². The second kappa shape index (κ2) is 7.81. The zero-order valence-electron chi connectivity index (χ0n) is 14.6. The summed E-state index contributed by atoms with van der Waals surface area (Å²) in [5.41, 5.74) is 1.01. The number of amides is 1. The van der Waals surface area contributed by atoms with E-state index < -0.39 is 0 Å². The van der Waals surface area contributed by atoms with Crippen LogP contribution in [-0.2, 0) is 20.8 Å². The number of nitrogens with zero attached hydrogens (tertiary/aromatic N) is 2. The monoisotopic (exact) mass is 345 g/mol. The van der Waals surface area contributed by atoms with E-state index in [1.54, 1.807) is 12.4 Å². The molecule has 6 nitrogen and oxygen atoms in total. The molecule has 1 aromatic rings. The predicted octanol–water partition coefficient (Wildman–Crippen LogP) is 1.36. The number of hydrogen-bond acceptors (Lipinski definition) is 5.